The van der Waals surface area contributed by atoms with Crippen molar-refractivity contribution in [3.63, 3.8) is 0 Å². The fraction of sp³-hybridized carbons (Fsp3) is 0.192. The lowest BCUT2D eigenvalue weighted by atomic mass is 10.2. The molecule has 9 nitrogen and oxygen atoms in total. The number of carbonyl (C=O) groups excluding carboxylic acids is 1. The molecule has 0 spiro atoms. The molecule has 0 aliphatic heterocycles. The van der Waals surface area contributed by atoms with Crippen molar-refractivity contribution in [1.29, 1.82) is 5.26 Å². The number of pyridine rings is 2. The number of nitriles is 1. The SMILES string of the molecule is COc1nc(C=Cc2nn(C(=O)OC(C)(C)C)c3ncccc23)c(Cl)c(Oc2cc(Cl)cc(C#N)c2)c1Cl. The number of carbonyl (C=O) groups is 1. The van der Waals surface area contributed by atoms with Gasteiger partial charge in [0, 0.05) is 16.6 Å². The molecule has 3 aromatic heterocycles. The third kappa shape index (κ3) is 5.83. The van der Waals surface area contributed by atoms with Crippen molar-refractivity contribution in [2.24, 2.45) is 0 Å². The summed E-state index contributed by atoms with van der Waals surface area (Å²) in [6.07, 6.45) is 4.07. The largest absolute Gasteiger partial charge is 0.480 e. The predicted molar refractivity (Wildman–Crippen MR) is 145 cm³/mol. The molecule has 12 heteroatoms. The molecule has 3 heterocycles. The molecule has 0 bridgehead atoms. The van der Waals surface area contributed by atoms with Gasteiger partial charge in [0.1, 0.15) is 21.4 Å². The molecule has 0 fully saturated rings. The quantitative estimate of drug-likeness (QED) is 0.243. The summed E-state index contributed by atoms with van der Waals surface area (Å²) in [6.45, 7) is 5.28. The van der Waals surface area contributed by atoms with Gasteiger partial charge in [0.05, 0.1) is 30.1 Å². The fourth-order valence-electron chi connectivity index (χ4n) is 3.34. The van der Waals surface area contributed by atoms with Crippen LogP contribution in [0.3, 0.4) is 0 Å². The van der Waals surface area contributed by atoms with E-state index in [1.165, 1.54) is 25.3 Å². The maximum absolute atomic E-state index is 12.7. The van der Waals surface area contributed by atoms with Gasteiger partial charge in [-0.15, -0.1) is 4.68 Å². The molecule has 0 radical (unpaired) electrons. The Labute approximate surface area is 233 Å². The van der Waals surface area contributed by atoms with E-state index in [-0.39, 0.29) is 33.1 Å². The minimum Gasteiger partial charge on any atom is -0.480 e. The van der Waals surface area contributed by atoms with Crippen LogP contribution in [0.2, 0.25) is 15.1 Å². The van der Waals surface area contributed by atoms with Crippen LogP contribution in [0.1, 0.15) is 37.7 Å². The molecule has 0 atom stereocenters. The molecule has 0 N–H and O–H groups in total. The van der Waals surface area contributed by atoms with Crippen molar-refractivity contribution in [2.75, 3.05) is 7.11 Å². The highest BCUT2D eigenvalue weighted by molar-refractivity contribution is 6.38. The third-order valence-corrected chi connectivity index (χ3v) is 5.80. The number of nitrogens with zero attached hydrogens (tertiary/aromatic N) is 5. The third-order valence-electron chi connectivity index (χ3n) is 4.88. The van der Waals surface area contributed by atoms with E-state index < -0.39 is 11.7 Å². The summed E-state index contributed by atoms with van der Waals surface area (Å²) in [4.78, 5) is 21.4. The molecule has 0 aliphatic rings. The highest BCUT2D eigenvalue weighted by Gasteiger charge is 2.23. The zero-order valence-electron chi connectivity index (χ0n) is 20.6. The van der Waals surface area contributed by atoms with Crippen LogP contribution in [0.25, 0.3) is 23.2 Å². The van der Waals surface area contributed by atoms with Crippen molar-refractivity contribution in [1.82, 2.24) is 19.7 Å². The Bertz CT molecular complexity index is 1620. The monoisotopic (exact) mass is 571 g/mol. The first-order valence-electron chi connectivity index (χ1n) is 11.1. The molecular formula is C26H20Cl3N5O4. The number of halogens is 3. The van der Waals surface area contributed by atoms with Crippen molar-refractivity contribution >= 4 is 64.1 Å². The summed E-state index contributed by atoms with van der Waals surface area (Å²) in [5.74, 6) is 0.352. The summed E-state index contributed by atoms with van der Waals surface area (Å²) in [5.41, 5.74) is 0.565. The summed E-state index contributed by atoms with van der Waals surface area (Å²) >= 11 is 19.2. The molecule has 194 valence electrons. The Hall–Kier alpha value is -3.84. The average Bonchev–Trinajstić information content (AvgIpc) is 3.24. The maximum Gasteiger partial charge on any atom is 0.437 e. The van der Waals surface area contributed by atoms with Gasteiger partial charge in [-0.3, -0.25) is 0 Å². The minimum absolute atomic E-state index is 0.0250. The molecule has 38 heavy (non-hydrogen) atoms. The van der Waals surface area contributed by atoms with E-state index in [0.29, 0.717) is 27.3 Å². The number of methoxy groups -OCH3 is 1. The Kier molecular flexibility index (Phi) is 7.78. The number of ether oxygens (including phenoxy) is 3. The van der Waals surface area contributed by atoms with Gasteiger partial charge in [-0.25, -0.2) is 14.8 Å². The summed E-state index contributed by atoms with van der Waals surface area (Å²) in [7, 11) is 1.40. The normalized spacial score (nSPS) is 11.5. The van der Waals surface area contributed by atoms with Crippen LogP contribution < -0.4 is 9.47 Å². The van der Waals surface area contributed by atoms with E-state index in [1.807, 2.05) is 6.07 Å². The summed E-state index contributed by atoms with van der Waals surface area (Å²) in [6, 6.07) is 10.0. The number of benzene rings is 1. The number of aromatic nitrogens is 4. The molecule has 1 aromatic carbocycles. The zero-order chi connectivity index (χ0) is 27.6. The Morgan fingerprint density at radius 1 is 1.11 bits per heavy atom. The number of fused-ring (bicyclic) bond motifs is 1. The topological polar surface area (TPSA) is 112 Å². The molecule has 4 aromatic rings. The van der Waals surface area contributed by atoms with Crippen LogP contribution in [-0.2, 0) is 4.74 Å². The van der Waals surface area contributed by atoms with Crippen LogP contribution >= 0.6 is 34.8 Å². The lowest BCUT2D eigenvalue weighted by molar-refractivity contribution is 0.0521. The number of hydrogen-bond donors (Lipinski definition) is 0. The fourth-order valence-corrected chi connectivity index (χ4v) is 4.11. The van der Waals surface area contributed by atoms with E-state index in [2.05, 4.69) is 15.1 Å². The Morgan fingerprint density at radius 3 is 2.53 bits per heavy atom. The van der Waals surface area contributed by atoms with E-state index >= 15 is 0 Å². The van der Waals surface area contributed by atoms with Crippen LogP contribution in [0.15, 0.2) is 36.5 Å². The van der Waals surface area contributed by atoms with Gasteiger partial charge in [0.2, 0.25) is 5.88 Å². The lowest BCUT2D eigenvalue weighted by Crippen LogP contribution is -2.27. The van der Waals surface area contributed by atoms with Crippen molar-refractivity contribution in [3.05, 3.63) is 68.5 Å². The molecule has 0 saturated carbocycles. The second-order valence-electron chi connectivity index (χ2n) is 8.84. The van der Waals surface area contributed by atoms with Crippen LogP contribution in [0.5, 0.6) is 17.4 Å². The first kappa shape index (κ1) is 27.2. The van der Waals surface area contributed by atoms with Gasteiger partial charge >= 0.3 is 6.09 Å². The van der Waals surface area contributed by atoms with Crippen LogP contribution in [0, 0.1) is 11.3 Å². The van der Waals surface area contributed by atoms with E-state index in [9.17, 15) is 10.1 Å². The van der Waals surface area contributed by atoms with Gasteiger partial charge < -0.3 is 14.2 Å². The molecule has 0 unspecified atom stereocenters. The molecule has 0 amide bonds. The summed E-state index contributed by atoms with van der Waals surface area (Å²) in [5, 5.41) is 14.6. The smallest absolute Gasteiger partial charge is 0.437 e. The van der Waals surface area contributed by atoms with Crippen LogP contribution in [0.4, 0.5) is 4.79 Å². The van der Waals surface area contributed by atoms with Crippen molar-refractivity contribution < 1.29 is 19.0 Å². The van der Waals surface area contributed by atoms with Gasteiger partial charge in [-0.05, 0) is 63.3 Å². The molecular weight excluding hydrogens is 553 g/mol. The minimum atomic E-state index is -0.717. The molecule has 4 rings (SSSR count). The highest BCUT2D eigenvalue weighted by Crippen LogP contribution is 2.43. The van der Waals surface area contributed by atoms with Crippen molar-refractivity contribution in [2.45, 2.75) is 26.4 Å². The van der Waals surface area contributed by atoms with E-state index in [0.717, 1.165) is 4.68 Å². The first-order valence-corrected chi connectivity index (χ1v) is 12.2. The van der Waals surface area contributed by atoms with Gasteiger partial charge in [0.25, 0.3) is 0 Å². The first-order chi connectivity index (χ1) is 18.0. The van der Waals surface area contributed by atoms with Crippen molar-refractivity contribution in [3.8, 4) is 23.4 Å². The zero-order valence-corrected chi connectivity index (χ0v) is 22.9. The second kappa shape index (κ2) is 10.9. The average molecular weight is 573 g/mol. The van der Waals surface area contributed by atoms with Gasteiger partial charge in [-0.2, -0.15) is 10.4 Å². The van der Waals surface area contributed by atoms with Gasteiger partial charge in [-0.1, -0.05) is 34.8 Å². The highest BCUT2D eigenvalue weighted by atomic mass is 35.5. The number of rotatable bonds is 5. The number of hydrogen-bond acceptors (Lipinski definition) is 8. The van der Waals surface area contributed by atoms with E-state index in [1.54, 1.807) is 51.3 Å². The molecule has 0 aliphatic carbocycles. The van der Waals surface area contributed by atoms with Crippen LogP contribution in [-0.4, -0.2) is 38.6 Å². The summed E-state index contributed by atoms with van der Waals surface area (Å²) < 4.78 is 17.8. The second-order valence-corrected chi connectivity index (χ2v) is 10.0. The van der Waals surface area contributed by atoms with Gasteiger partial charge in [0.15, 0.2) is 11.4 Å². The Morgan fingerprint density at radius 2 is 1.84 bits per heavy atom. The maximum atomic E-state index is 12.7. The van der Waals surface area contributed by atoms with E-state index in [4.69, 9.17) is 49.0 Å². The Balaban J connectivity index is 1.76. The molecule has 0 saturated heterocycles. The standard InChI is InChI=1S/C26H20Cl3N5O4/c1-26(2,3)38-25(35)34-23-17(6-5-9-31-23)18(33-34)7-8-19-20(28)22(21(29)24(32-19)36-4)37-16-11-14(13-30)10-15(27)12-16/h5-12H,1-4H3. The predicted octanol–water partition coefficient (Wildman–Crippen LogP) is 7.41. The lowest BCUT2D eigenvalue weighted by Gasteiger charge is -2.18.